The second-order valence-corrected chi connectivity index (χ2v) is 8.55. The molecule has 0 fully saturated rings. The van der Waals surface area contributed by atoms with Gasteiger partial charge in [-0.1, -0.05) is 10.7 Å². The molecule has 27 heavy (non-hydrogen) atoms. The zero-order valence-electron chi connectivity index (χ0n) is 13.7. The monoisotopic (exact) mass is 431 g/mol. The van der Waals surface area contributed by atoms with Gasteiger partial charge >= 0.3 is 21.5 Å². The number of halogens is 3. The van der Waals surface area contributed by atoms with Gasteiger partial charge in [-0.15, -0.1) is 0 Å². The van der Waals surface area contributed by atoms with Gasteiger partial charge in [0.05, 0.1) is 18.1 Å². The van der Waals surface area contributed by atoms with Crippen molar-refractivity contribution in [2.24, 2.45) is 0 Å². The average Bonchev–Trinajstić information content (AvgIpc) is 2.56. The summed E-state index contributed by atoms with van der Waals surface area (Å²) in [5.41, 5.74) is -5.76. The normalized spacial score (nSPS) is 12.4. The van der Waals surface area contributed by atoms with E-state index in [4.69, 9.17) is 9.47 Å². The lowest BCUT2D eigenvalue weighted by molar-refractivity contribution is -0.137. The van der Waals surface area contributed by atoms with E-state index < -0.39 is 36.4 Å². The first kappa shape index (κ1) is 22.9. The molecule has 1 aromatic rings. The molecule has 0 bridgehead atoms. The van der Waals surface area contributed by atoms with Crippen molar-refractivity contribution in [1.82, 2.24) is 4.13 Å². The molecule has 0 saturated carbocycles. The summed E-state index contributed by atoms with van der Waals surface area (Å²) < 4.78 is 92.8. The van der Waals surface area contributed by atoms with Gasteiger partial charge in [-0.05, 0) is 37.1 Å². The minimum Gasteiger partial charge on any atom is -0.494 e. The molecule has 0 aromatic heterocycles. The minimum atomic E-state index is -6.06. The summed E-state index contributed by atoms with van der Waals surface area (Å²) in [6.07, 6.45) is 2.04. The lowest BCUT2D eigenvalue weighted by atomic mass is 10.3. The number of alkyl halides is 3. The number of carbonyl (C=O) groups excluding carboxylic acids is 1. The fraction of sp³-hybridized carbons (Fsp3) is 0.357. The largest absolute Gasteiger partial charge is 0.512 e. The molecular weight excluding hydrogens is 415 g/mol. The van der Waals surface area contributed by atoms with Crippen LogP contribution in [0.15, 0.2) is 41.8 Å². The fourth-order valence-electron chi connectivity index (χ4n) is 1.58. The zero-order valence-corrected chi connectivity index (χ0v) is 15.4. The van der Waals surface area contributed by atoms with E-state index in [-0.39, 0.29) is 19.0 Å². The maximum Gasteiger partial charge on any atom is 0.512 e. The molecule has 1 aromatic carbocycles. The first-order valence-corrected chi connectivity index (χ1v) is 10.2. The highest BCUT2D eigenvalue weighted by Crippen LogP contribution is 2.24. The summed E-state index contributed by atoms with van der Waals surface area (Å²) >= 11 is 0. The summed E-state index contributed by atoms with van der Waals surface area (Å²) in [5.74, 6) is -0.329. The Balaban J connectivity index is 2.58. The summed E-state index contributed by atoms with van der Waals surface area (Å²) in [4.78, 5) is 10.1. The van der Waals surface area contributed by atoms with Crippen LogP contribution in [0, 0.1) is 0 Å². The van der Waals surface area contributed by atoms with Gasteiger partial charge < -0.3 is 9.47 Å². The fourth-order valence-corrected chi connectivity index (χ4v) is 3.99. The number of nitrogens with one attached hydrogen (secondary N) is 1. The van der Waals surface area contributed by atoms with E-state index >= 15 is 0 Å². The van der Waals surface area contributed by atoms with E-state index in [1.807, 2.05) is 0 Å². The van der Waals surface area contributed by atoms with Gasteiger partial charge in [0, 0.05) is 6.08 Å². The molecule has 8 nitrogen and oxygen atoms in total. The molecule has 0 heterocycles. The van der Waals surface area contributed by atoms with Gasteiger partial charge in [-0.25, -0.2) is 21.6 Å². The molecule has 1 rings (SSSR count). The smallest absolute Gasteiger partial charge is 0.494 e. The van der Waals surface area contributed by atoms with Gasteiger partial charge in [-0.2, -0.15) is 13.2 Å². The number of carbonyl (C=O) groups is 1. The van der Waals surface area contributed by atoms with Crippen LogP contribution < -0.4 is 8.86 Å². The predicted octanol–water partition coefficient (Wildman–Crippen LogP) is 1.70. The second-order valence-electron chi connectivity index (χ2n) is 4.93. The van der Waals surface area contributed by atoms with Crippen LogP contribution in [0.25, 0.3) is 0 Å². The Morgan fingerprint density at radius 2 is 1.63 bits per heavy atom. The van der Waals surface area contributed by atoms with Crippen LogP contribution >= 0.6 is 0 Å². The van der Waals surface area contributed by atoms with Crippen molar-refractivity contribution in [1.29, 1.82) is 0 Å². The summed E-state index contributed by atoms with van der Waals surface area (Å²) in [6.45, 7) is 3.61. The van der Waals surface area contributed by atoms with Crippen LogP contribution in [-0.2, 0) is 29.6 Å². The van der Waals surface area contributed by atoms with Crippen LogP contribution in [0.4, 0.5) is 13.2 Å². The molecule has 0 unspecified atom stereocenters. The number of ether oxygens (including phenoxy) is 2. The highest BCUT2D eigenvalue weighted by atomic mass is 32.3. The van der Waals surface area contributed by atoms with E-state index in [1.54, 1.807) is 0 Å². The predicted molar refractivity (Wildman–Crippen MR) is 87.6 cm³/mol. The molecule has 13 heteroatoms. The highest BCUT2D eigenvalue weighted by Gasteiger charge is 2.48. The van der Waals surface area contributed by atoms with E-state index in [1.165, 1.54) is 0 Å². The van der Waals surface area contributed by atoms with Crippen molar-refractivity contribution >= 4 is 26.0 Å². The minimum absolute atomic E-state index is 0.171. The Morgan fingerprint density at radius 1 is 1.07 bits per heavy atom. The van der Waals surface area contributed by atoms with Crippen molar-refractivity contribution < 1.29 is 44.3 Å². The van der Waals surface area contributed by atoms with Gasteiger partial charge in [0.2, 0.25) is 0 Å². The van der Waals surface area contributed by atoms with Gasteiger partial charge in [-0.3, -0.25) is 0 Å². The Labute approximate surface area is 154 Å². The Hall–Kier alpha value is -2.12. The highest BCUT2D eigenvalue weighted by molar-refractivity contribution is 8.05. The third-order valence-corrected chi connectivity index (χ3v) is 6.13. The maximum absolute atomic E-state index is 12.3. The molecule has 0 amide bonds. The molecule has 0 aliphatic carbocycles. The zero-order chi connectivity index (χ0) is 20.7. The Morgan fingerprint density at radius 3 is 2.15 bits per heavy atom. The molecule has 0 aliphatic rings. The van der Waals surface area contributed by atoms with Crippen LogP contribution in [-0.4, -0.2) is 41.5 Å². The number of hydrogen-bond acceptors (Lipinski definition) is 7. The molecule has 0 radical (unpaired) electrons. The van der Waals surface area contributed by atoms with Crippen molar-refractivity contribution in [2.45, 2.75) is 23.2 Å². The number of esters is 1. The third kappa shape index (κ3) is 7.19. The van der Waals surface area contributed by atoms with Crippen molar-refractivity contribution in [3.05, 3.63) is 36.9 Å². The second kappa shape index (κ2) is 9.19. The topological polar surface area (TPSA) is 116 Å². The summed E-state index contributed by atoms with van der Waals surface area (Å²) in [6, 6.07) is 4.11. The molecule has 0 spiro atoms. The van der Waals surface area contributed by atoms with Crippen molar-refractivity contribution in [2.75, 3.05) is 13.2 Å². The molecular formula is C14H16F3NO7S2. The Bertz CT molecular complexity index is 863. The SMILES string of the molecule is C=CC(=O)OCCCCOc1ccc(S(=O)(=O)NS(=O)(=O)C(F)(F)F)cc1. The molecule has 152 valence electrons. The molecule has 0 atom stereocenters. The van der Waals surface area contributed by atoms with E-state index in [0.717, 1.165) is 30.3 Å². The first-order valence-electron chi connectivity index (χ1n) is 7.26. The van der Waals surface area contributed by atoms with E-state index in [2.05, 4.69) is 6.58 Å². The Kier molecular flexibility index (Phi) is 7.80. The van der Waals surface area contributed by atoms with Crippen LogP contribution in [0.3, 0.4) is 0 Å². The van der Waals surface area contributed by atoms with E-state index in [9.17, 15) is 34.8 Å². The molecule has 0 saturated heterocycles. The van der Waals surface area contributed by atoms with Gasteiger partial charge in [0.25, 0.3) is 10.0 Å². The third-order valence-electron chi connectivity index (χ3n) is 2.88. The lowest BCUT2D eigenvalue weighted by Crippen LogP contribution is -2.40. The first-order chi connectivity index (χ1) is 12.4. The van der Waals surface area contributed by atoms with Crippen molar-refractivity contribution in [3.8, 4) is 5.75 Å². The summed E-state index contributed by atoms with van der Waals surface area (Å²) in [7, 11) is -11.0. The van der Waals surface area contributed by atoms with Gasteiger partial charge in [0.1, 0.15) is 5.75 Å². The van der Waals surface area contributed by atoms with Crippen LogP contribution in [0.1, 0.15) is 12.8 Å². The van der Waals surface area contributed by atoms with Crippen LogP contribution in [0.5, 0.6) is 5.75 Å². The van der Waals surface area contributed by atoms with Crippen LogP contribution in [0.2, 0.25) is 0 Å². The average molecular weight is 431 g/mol. The lowest BCUT2D eigenvalue weighted by Gasteiger charge is -2.11. The number of rotatable bonds is 10. The molecule has 0 aliphatic heterocycles. The maximum atomic E-state index is 12.3. The van der Waals surface area contributed by atoms with E-state index in [0.29, 0.717) is 17.0 Å². The van der Waals surface area contributed by atoms with Gasteiger partial charge in [0.15, 0.2) is 0 Å². The summed E-state index contributed by atoms with van der Waals surface area (Å²) in [5, 5.41) is 0. The number of unbranched alkanes of at least 4 members (excludes halogenated alkanes) is 1. The van der Waals surface area contributed by atoms with Crippen molar-refractivity contribution in [3.63, 3.8) is 0 Å². The molecule has 1 N–H and O–H groups in total. The number of sulfonamides is 2. The standard InChI is InChI=1S/C14H16F3NO7S2/c1-2-13(19)25-10-4-3-9-24-11-5-7-12(8-6-11)26(20,21)18-27(22,23)14(15,16)17/h2,5-8,18H,1,3-4,9-10H2. The quantitative estimate of drug-likeness (QED) is 0.341. The number of hydrogen-bond donors (Lipinski definition) is 1. The number of benzene rings is 1.